The fraction of sp³-hybridized carbons (Fsp3) is 0.542. The number of fused-ring (bicyclic) bond motifs is 2. The summed E-state index contributed by atoms with van der Waals surface area (Å²) in [7, 11) is 1.83. The Kier molecular flexibility index (Phi) is 5.20. The van der Waals surface area contributed by atoms with Crippen LogP contribution >= 0.6 is 0 Å². The van der Waals surface area contributed by atoms with Crippen molar-refractivity contribution >= 4 is 29.3 Å². The predicted molar refractivity (Wildman–Crippen MR) is 121 cm³/mol. The lowest BCUT2D eigenvalue weighted by Gasteiger charge is -2.34. The van der Waals surface area contributed by atoms with Crippen molar-refractivity contribution < 1.29 is 14.3 Å². The number of ether oxygens (including phenoxy) is 1. The van der Waals surface area contributed by atoms with Crippen molar-refractivity contribution in [1.29, 1.82) is 0 Å². The van der Waals surface area contributed by atoms with Crippen LogP contribution in [-0.4, -0.2) is 77.5 Å². The van der Waals surface area contributed by atoms with Crippen LogP contribution in [-0.2, 0) is 14.3 Å². The number of carbonyl (C=O) groups excluding carboxylic acids is 2. The van der Waals surface area contributed by atoms with Gasteiger partial charge in [0.05, 0.1) is 35.2 Å². The normalized spacial score (nSPS) is 24.7. The van der Waals surface area contributed by atoms with Crippen molar-refractivity contribution in [2.24, 2.45) is 21.1 Å². The van der Waals surface area contributed by atoms with E-state index in [9.17, 15) is 9.59 Å². The number of hydrogen-bond acceptors (Lipinski definition) is 6. The van der Waals surface area contributed by atoms with Crippen molar-refractivity contribution in [3.8, 4) is 0 Å². The molecule has 0 radical (unpaired) electrons. The van der Waals surface area contributed by atoms with Gasteiger partial charge in [0.1, 0.15) is 11.8 Å². The standard InChI is InChI=1S/C24H29N5O3/c1-15(2)32-14-24(9-10-24)28(3)23(31)21-17-13-29(11-8-19(17)26-27-21)22(30)20-12-16-6-4-5-7-18(16)25-20/h4-7,12,15,17,20H,8-11,13-14H2,1-3H3. The summed E-state index contributed by atoms with van der Waals surface area (Å²) in [5.74, 6) is -0.387. The number of likely N-dealkylation sites (N-methyl/N-ethyl adjacent to an activating group) is 1. The predicted octanol–water partition coefficient (Wildman–Crippen LogP) is 0.544. The number of benzene rings is 1. The fourth-order valence-corrected chi connectivity index (χ4v) is 4.63. The van der Waals surface area contributed by atoms with Gasteiger partial charge >= 0.3 is 0 Å². The molecule has 8 heteroatoms. The van der Waals surface area contributed by atoms with Crippen LogP contribution in [0.3, 0.4) is 0 Å². The van der Waals surface area contributed by atoms with Crippen LogP contribution < -0.4 is 10.6 Å². The van der Waals surface area contributed by atoms with Gasteiger partial charge in [-0.3, -0.25) is 14.6 Å². The summed E-state index contributed by atoms with van der Waals surface area (Å²) in [6, 6.07) is 7.26. The largest absolute Gasteiger partial charge is 0.376 e. The molecule has 1 aromatic rings. The molecule has 1 saturated heterocycles. The first kappa shape index (κ1) is 21.0. The summed E-state index contributed by atoms with van der Waals surface area (Å²) in [6.07, 6.45) is 4.52. The monoisotopic (exact) mass is 435 g/mol. The molecule has 5 rings (SSSR count). The van der Waals surface area contributed by atoms with Gasteiger partial charge in [-0.05, 0) is 44.1 Å². The Morgan fingerprint density at radius 1 is 1.25 bits per heavy atom. The molecule has 2 fully saturated rings. The number of piperidine rings is 1. The van der Waals surface area contributed by atoms with Crippen LogP contribution in [0.25, 0.3) is 6.08 Å². The molecule has 8 nitrogen and oxygen atoms in total. The third kappa shape index (κ3) is 3.66. The highest BCUT2D eigenvalue weighted by Crippen LogP contribution is 2.42. The molecule has 2 unspecified atom stereocenters. The van der Waals surface area contributed by atoms with Gasteiger partial charge in [-0.25, -0.2) is 0 Å². The van der Waals surface area contributed by atoms with Gasteiger partial charge in [0, 0.05) is 26.6 Å². The van der Waals surface area contributed by atoms with Gasteiger partial charge in [0.2, 0.25) is 0 Å². The second kappa shape index (κ2) is 7.92. The number of rotatable bonds is 6. The Bertz CT molecular complexity index is 1100. The topological polar surface area (TPSA) is 86.9 Å². The minimum atomic E-state index is -0.506. The molecule has 4 aliphatic rings. The minimum Gasteiger partial charge on any atom is -0.376 e. The maximum atomic E-state index is 13.4. The minimum absolute atomic E-state index is 0.0312. The number of para-hydroxylation sites is 1. The molecule has 168 valence electrons. The molecule has 1 aromatic carbocycles. The van der Waals surface area contributed by atoms with E-state index in [1.807, 2.05) is 56.1 Å². The number of likely N-dealkylation sites (tertiary alicyclic amines) is 1. The van der Waals surface area contributed by atoms with Crippen molar-refractivity contribution in [3.05, 3.63) is 34.8 Å². The van der Waals surface area contributed by atoms with E-state index >= 15 is 0 Å². The van der Waals surface area contributed by atoms with Gasteiger partial charge in [-0.1, -0.05) is 18.2 Å². The Morgan fingerprint density at radius 2 is 2.03 bits per heavy atom. The lowest BCUT2D eigenvalue weighted by molar-refractivity contribution is -0.132. The molecular formula is C24H29N5O3. The van der Waals surface area contributed by atoms with Crippen molar-refractivity contribution in [2.75, 3.05) is 26.7 Å². The third-order valence-electron chi connectivity index (χ3n) is 6.92. The van der Waals surface area contributed by atoms with E-state index in [2.05, 4.69) is 15.2 Å². The van der Waals surface area contributed by atoms with E-state index in [1.165, 1.54) is 0 Å². The van der Waals surface area contributed by atoms with E-state index < -0.39 is 6.04 Å². The van der Waals surface area contributed by atoms with Crippen LogP contribution in [0.15, 0.2) is 39.5 Å². The Balaban J connectivity index is 1.28. The average molecular weight is 436 g/mol. The summed E-state index contributed by atoms with van der Waals surface area (Å²) >= 11 is 0. The van der Waals surface area contributed by atoms with E-state index in [1.54, 1.807) is 4.90 Å². The third-order valence-corrected chi connectivity index (χ3v) is 6.92. The van der Waals surface area contributed by atoms with Crippen molar-refractivity contribution in [2.45, 2.75) is 50.8 Å². The molecule has 2 atom stereocenters. The zero-order valence-electron chi connectivity index (χ0n) is 18.8. The molecule has 0 spiro atoms. The second-order valence-corrected chi connectivity index (χ2v) is 9.41. The zero-order valence-corrected chi connectivity index (χ0v) is 18.8. The summed E-state index contributed by atoms with van der Waals surface area (Å²) in [4.78, 5) is 34.7. The fourth-order valence-electron chi connectivity index (χ4n) is 4.63. The number of hydrogen-bond donors (Lipinski definition) is 0. The van der Waals surface area contributed by atoms with Crippen LogP contribution in [0.2, 0.25) is 0 Å². The molecule has 2 amide bonds. The molecule has 0 bridgehead atoms. The average Bonchev–Trinajstić information content (AvgIpc) is 3.27. The summed E-state index contributed by atoms with van der Waals surface area (Å²) in [5, 5.41) is 10.4. The molecule has 1 aliphatic carbocycles. The molecule has 32 heavy (non-hydrogen) atoms. The van der Waals surface area contributed by atoms with E-state index in [4.69, 9.17) is 4.74 Å². The van der Waals surface area contributed by atoms with Crippen LogP contribution in [0.5, 0.6) is 0 Å². The van der Waals surface area contributed by atoms with Gasteiger partial charge < -0.3 is 14.5 Å². The highest BCUT2D eigenvalue weighted by atomic mass is 16.5. The summed E-state index contributed by atoms with van der Waals surface area (Å²) in [6.45, 7) is 5.52. The lowest BCUT2D eigenvalue weighted by atomic mass is 9.90. The van der Waals surface area contributed by atoms with Crippen LogP contribution in [0, 0.1) is 5.92 Å². The lowest BCUT2D eigenvalue weighted by Crippen LogP contribution is -2.52. The maximum Gasteiger partial charge on any atom is 0.271 e. The van der Waals surface area contributed by atoms with Crippen molar-refractivity contribution in [3.63, 3.8) is 0 Å². The first-order valence-corrected chi connectivity index (χ1v) is 11.4. The highest BCUT2D eigenvalue weighted by Gasteiger charge is 2.51. The molecule has 1 saturated carbocycles. The van der Waals surface area contributed by atoms with E-state index in [0.717, 1.165) is 29.1 Å². The number of amides is 2. The Labute approximate surface area is 187 Å². The Hall–Kier alpha value is -2.87. The van der Waals surface area contributed by atoms with Crippen LogP contribution in [0.1, 0.15) is 33.1 Å². The zero-order chi connectivity index (χ0) is 22.5. The molecule has 0 N–H and O–H groups in total. The molecule has 3 aliphatic heterocycles. The van der Waals surface area contributed by atoms with Gasteiger partial charge in [-0.15, -0.1) is 5.10 Å². The highest BCUT2D eigenvalue weighted by molar-refractivity contribution is 6.44. The SMILES string of the molecule is CC(C)OCC1(N(C)C(=O)C2=NN=C3CCN(C(=O)C4C=c5ccccc5=N4)CC32)CC1. The van der Waals surface area contributed by atoms with Gasteiger partial charge in [-0.2, -0.15) is 5.10 Å². The van der Waals surface area contributed by atoms with Gasteiger partial charge in [0.15, 0.2) is 0 Å². The first-order chi connectivity index (χ1) is 15.4. The summed E-state index contributed by atoms with van der Waals surface area (Å²) in [5.41, 5.74) is 1.08. The first-order valence-electron chi connectivity index (χ1n) is 11.4. The van der Waals surface area contributed by atoms with Crippen molar-refractivity contribution in [1.82, 2.24) is 9.80 Å². The quantitative estimate of drug-likeness (QED) is 0.654. The number of nitrogens with zero attached hydrogens (tertiary/aromatic N) is 5. The maximum absolute atomic E-state index is 13.4. The number of carbonyl (C=O) groups is 2. The van der Waals surface area contributed by atoms with Gasteiger partial charge in [0.25, 0.3) is 11.8 Å². The smallest absolute Gasteiger partial charge is 0.271 e. The summed E-state index contributed by atoms with van der Waals surface area (Å²) < 4.78 is 5.81. The molecular weight excluding hydrogens is 406 g/mol. The molecule has 3 heterocycles. The second-order valence-electron chi connectivity index (χ2n) is 9.41. The van der Waals surface area contributed by atoms with E-state index in [0.29, 0.717) is 31.8 Å². The molecule has 0 aromatic heterocycles. The van der Waals surface area contributed by atoms with Crippen LogP contribution in [0.4, 0.5) is 0 Å². The van der Waals surface area contributed by atoms with E-state index in [-0.39, 0.29) is 29.4 Å². The Morgan fingerprint density at radius 3 is 2.75 bits per heavy atom.